The summed E-state index contributed by atoms with van der Waals surface area (Å²) < 4.78 is 0. The van der Waals surface area contributed by atoms with E-state index in [0.717, 1.165) is 28.1 Å². The van der Waals surface area contributed by atoms with E-state index < -0.39 is 0 Å². The molecule has 0 saturated heterocycles. The molecule has 1 heterocycles. The molecule has 2 N–H and O–H groups in total. The second-order valence-electron chi connectivity index (χ2n) is 5.52. The number of aromatic amines is 1. The van der Waals surface area contributed by atoms with E-state index in [1.165, 1.54) is 11.1 Å². The highest BCUT2D eigenvalue weighted by Gasteiger charge is 2.07. The zero-order valence-corrected chi connectivity index (χ0v) is 13.0. The molecule has 3 rings (SSSR count). The lowest BCUT2D eigenvalue weighted by Crippen LogP contribution is -2.09. The van der Waals surface area contributed by atoms with Gasteiger partial charge in [-0.05, 0) is 61.4 Å². The summed E-state index contributed by atoms with van der Waals surface area (Å²) in [4.78, 5) is 19.4. The lowest BCUT2D eigenvalue weighted by Gasteiger charge is -2.04. The van der Waals surface area contributed by atoms with Crippen molar-refractivity contribution in [2.75, 3.05) is 5.32 Å². The van der Waals surface area contributed by atoms with E-state index >= 15 is 0 Å². The molecule has 0 spiro atoms. The third-order valence-electron chi connectivity index (χ3n) is 3.86. The van der Waals surface area contributed by atoms with Gasteiger partial charge in [0.25, 0.3) is 0 Å². The Bertz CT molecular complexity index is 792. The van der Waals surface area contributed by atoms with E-state index in [4.69, 9.17) is 0 Å². The highest BCUT2D eigenvalue weighted by Crippen LogP contribution is 2.24. The number of imidazole rings is 1. The molecule has 4 nitrogen and oxygen atoms in total. The summed E-state index contributed by atoms with van der Waals surface area (Å²) in [5.41, 5.74) is 6.31. The Morgan fingerprint density at radius 3 is 2.50 bits per heavy atom. The molecular formula is C18H19N3O. The number of aromatic nitrogens is 2. The number of hydrogen-bond donors (Lipinski definition) is 2. The first-order chi connectivity index (χ1) is 10.6. The van der Waals surface area contributed by atoms with Gasteiger partial charge in [0.05, 0.1) is 11.0 Å². The average molecular weight is 293 g/mol. The van der Waals surface area contributed by atoms with Gasteiger partial charge in [-0.15, -0.1) is 0 Å². The highest BCUT2D eigenvalue weighted by atomic mass is 16.1. The Kier molecular flexibility index (Phi) is 3.67. The van der Waals surface area contributed by atoms with Crippen molar-refractivity contribution in [1.29, 1.82) is 0 Å². The number of carbonyl (C=O) groups excluding carboxylic acids is 1. The fourth-order valence-corrected chi connectivity index (χ4v) is 2.37. The van der Waals surface area contributed by atoms with Crippen LogP contribution in [0.25, 0.3) is 22.4 Å². The molecular weight excluding hydrogens is 274 g/mol. The van der Waals surface area contributed by atoms with Crippen LogP contribution in [-0.4, -0.2) is 15.9 Å². The van der Waals surface area contributed by atoms with Crippen LogP contribution in [0.5, 0.6) is 0 Å². The smallest absolute Gasteiger partial charge is 0.224 e. The van der Waals surface area contributed by atoms with Crippen LogP contribution in [0.3, 0.4) is 0 Å². The first-order valence-electron chi connectivity index (χ1n) is 7.44. The molecule has 0 saturated carbocycles. The van der Waals surface area contributed by atoms with Gasteiger partial charge in [0, 0.05) is 17.7 Å². The van der Waals surface area contributed by atoms with Crippen LogP contribution < -0.4 is 5.32 Å². The summed E-state index contributed by atoms with van der Waals surface area (Å²) in [5.74, 6) is 0.857. The van der Waals surface area contributed by atoms with Crippen molar-refractivity contribution < 1.29 is 4.79 Å². The van der Waals surface area contributed by atoms with E-state index in [9.17, 15) is 4.79 Å². The van der Waals surface area contributed by atoms with Crippen molar-refractivity contribution in [3.63, 3.8) is 0 Å². The normalized spacial score (nSPS) is 10.9. The number of benzene rings is 2. The first kappa shape index (κ1) is 14.3. The second kappa shape index (κ2) is 5.64. The first-order valence-corrected chi connectivity index (χ1v) is 7.44. The predicted octanol–water partition coefficient (Wildman–Crippen LogP) is 4.20. The SMILES string of the molecule is CCC(=O)Nc1ccc(-c2nc3cc(C)c(C)cc3[nH]2)cc1. The maximum absolute atomic E-state index is 11.4. The van der Waals surface area contributed by atoms with Crippen molar-refractivity contribution in [3.8, 4) is 11.4 Å². The number of nitrogens with one attached hydrogen (secondary N) is 2. The summed E-state index contributed by atoms with van der Waals surface area (Å²) in [6.45, 7) is 6.02. The van der Waals surface area contributed by atoms with Crippen molar-refractivity contribution in [2.24, 2.45) is 0 Å². The van der Waals surface area contributed by atoms with E-state index in [1.54, 1.807) is 0 Å². The number of fused-ring (bicyclic) bond motifs is 1. The lowest BCUT2D eigenvalue weighted by molar-refractivity contribution is -0.115. The number of rotatable bonds is 3. The van der Waals surface area contributed by atoms with Gasteiger partial charge >= 0.3 is 0 Å². The topological polar surface area (TPSA) is 57.8 Å². The van der Waals surface area contributed by atoms with Crippen molar-refractivity contribution in [3.05, 3.63) is 47.5 Å². The van der Waals surface area contributed by atoms with Gasteiger partial charge in [-0.25, -0.2) is 4.98 Å². The highest BCUT2D eigenvalue weighted by molar-refractivity contribution is 5.90. The number of hydrogen-bond acceptors (Lipinski definition) is 2. The minimum Gasteiger partial charge on any atom is -0.338 e. The minimum absolute atomic E-state index is 0.0161. The maximum atomic E-state index is 11.4. The van der Waals surface area contributed by atoms with Gasteiger partial charge in [0.15, 0.2) is 0 Å². The van der Waals surface area contributed by atoms with Crippen LogP contribution in [0.1, 0.15) is 24.5 Å². The summed E-state index contributed by atoms with van der Waals surface area (Å²) in [6.07, 6.45) is 0.476. The Morgan fingerprint density at radius 2 is 1.82 bits per heavy atom. The van der Waals surface area contributed by atoms with Gasteiger partial charge in [0.2, 0.25) is 5.91 Å². The zero-order valence-electron chi connectivity index (χ0n) is 13.0. The molecule has 0 atom stereocenters. The number of anilines is 1. The number of amides is 1. The van der Waals surface area contributed by atoms with Crippen LogP contribution >= 0.6 is 0 Å². The molecule has 1 aromatic heterocycles. The quantitative estimate of drug-likeness (QED) is 0.760. The number of H-pyrrole nitrogens is 1. The second-order valence-corrected chi connectivity index (χ2v) is 5.52. The van der Waals surface area contributed by atoms with E-state index in [2.05, 4.69) is 41.3 Å². The maximum Gasteiger partial charge on any atom is 0.224 e. The van der Waals surface area contributed by atoms with Crippen LogP contribution in [0.2, 0.25) is 0 Å². The molecule has 0 aliphatic rings. The largest absolute Gasteiger partial charge is 0.338 e. The lowest BCUT2D eigenvalue weighted by atomic mass is 10.1. The molecule has 0 fully saturated rings. The molecule has 0 bridgehead atoms. The Morgan fingerprint density at radius 1 is 1.14 bits per heavy atom. The van der Waals surface area contributed by atoms with Crippen molar-refractivity contribution in [2.45, 2.75) is 27.2 Å². The monoisotopic (exact) mass is 293 g/mol. The van der Waals surface area contributed by atoms with Crippen LogP contribution in [0.4, 0.5) is 5.69 Å². The Hall–Kier alpha value is -2.62. The fraction of sp³-hybridized carbons (Fsp3) is 0.222. The van der Waals surface area contributed by atoms with Gasteiger partial charge in [0.1, 0.15) is 5.82 Å². The van der Waals surface area contributed by atoms with E-state index in [0.29, 0.717) is 6.42 Å². The molecule has 1 amide bonds. The van der Waals surface area contributed by atoms with Gasteiger partial charge in [-0.1, -0.05) is 6.92 Å². The Labute approximate surface area is 129 Å². The zero-order chi connectivity index (χ0) is 15.7. The summed E-state index contributed by atoms with van der Waals surface area (Å²) >= 11 is 0. The molecule has 0 aliphatic heterocycles. The average Bonchev–Trinajstić information content (AvgIpc) is 2.91. The van der Waals surface area contributed by atoms with Crippen molar-refractivity contribution in [1.82, 2.24) is 9.97 Å². The molecule has 4 heteroatoms. The van der Waals surface area contributed by atoms with Gasteiger partial charge in [-0.2, -0.15) is 0 Å². The minimum atomic E-state index is 0.0161. The third-order valence-corrected chi connectivity index (χ3v) is 3.86. The van der Waals surface area contributed by atoms with Crippen LogP contribution in [0, 0.1) is 13.8 Å². The third kappa shape index (κ3) is 2.72. The predicted molar refractivity (Wildman–Crippen MR) is 89.9 cm³/mol. The summed E-state index contributed by atoms with van der Waals surface area (Å²) in [7, 11) is 0. The van der Waals surface area contributed by atoms with Crippen LogP contribution in [-0.2, 0) is 4.79 Å². The van der Waals surface area contributed by atoms with Crippen molar-refractivity contribution >= 4 is 22.6 Å². The number of nitrogens with zero attached hydrogens (tertiary/aromatic N) is 1. The summed E-state index contributed by atoms with van der Waals surface area (Å²) in [6, 6.07) is 11.9. The summed E-state index contributed by atoms with van der Waals surface area (Å²) in [5, 5.41) is 2.84. The standard InChI is InChI=1S/C18H19N3O/c1-4-17(22)19-14-7-5-13(6-8-14)18-20-15-9-11(2)12(3)10-16(15)21-18/h5-10H,4H2,1-3H3,(H,19,22)(H,20,21). The van der Waals surface area contributed by atoms with E-state index in [-0.39, 0.29) is 5.91 Å². The van der Waals surface area contributed by atoms with Crippen LogP contribution in [0.15, 0.2) is 36.4 Å². The van der Waals surface area contributed by atoms with Gasteiger partial charge in [-0.3, -0.25) is 4.79 Å². The van der Waals surface area contributed by atoms with E-state index in [1.807, 2.05) is 31.2 Å². The number of carbonyl (C=O) groups is 1. The molecule has 112 valence electrons. The van der Waals surface area contributed by atoms with Gasteiger partial charge < -0.3 is 10.3 Å². The Balaban J connectivity index is 1.92. The number of aryl methyl sites for hydroxylation is 2. The molecule has 0 unspecified atom stereocenters. The molecule has 3 aromatic rings. The molecule has 22 heavy (non-hydrogen) atoms. The molecule has 2 aromatic carbocycles. The molecule has 0 aliphatic carbocycles. The fourth-order valence-electron chi connectivity index (χ4n) is 2.37. The molecule has 0 radical (unpaired) electrons.